The fourth-order valence-corrected chi connectivity index (χ4v) is 2.63. The molecule has 1 rings (SSSR count). The van der Waals surface area contributed by atoms with E-state index in [2.05, 4.69) is 27.7 Å². The first-order chi connectivity index (χ1) is 7.95. The second kappa shape index (κ2) is 8.00. The number of nitrogens with zero attached hydrogens (tertiary/aromatic N) is 1. The van der Waals surface area contributed by atoms with Crippen LogP contribution in [0.4, 0.5) is 0 Å². The highest BCUT2D eigenvalue weighted by Crippen LogP contribution is 2.22. The van der Waals surface area contributed by atoms with Crippen LogP contribution in [-0.4, -0.2) is 29.9 Å². The minimum absolute atomic E-state index is 0. The lowest BCUT2D eigenvalue weighted by Crippen LogP contribution is -2.48. The predicted molar refractivity (Wildman–Crippen MR) is 78.8 cm³/mol. The van der Waals surface area contributed by atoms with Crippen LogP contribution in [0.25, 0.3) is 0 Å². The summed E-state index contributed by atoms with van der Waals surface area (Å²) >= 11 is 0. The molecule has 1 amide bonds. The molecule has 0 radical (unpaired) electrons. The first kappa shape index (κ1) is 17.7. The summed E-state index contributed by atoms with van der Waals surface area (Å²) in [6.45, 7) is 10.4. The lowest BCUT2D eigenvalue weighted by molar-refractivity contribution is -0.134. The highest BCUT2D eigenvalue weighted by Gasteiger charge is 2.28. The largest absolute Gasteiger partial charge is 0.341 e. The zero-order valence-corrected chi connectivity index (χ0v) is 13.0. The molecule has 2 N–H and O–H groups in total. The first-order valence-electron chi connectivity index (χ1n) is 7.00. The third-order valence-corrected chi connectivity index (χ3v) is 4.08. The Labute approximate surface area is 118 Å². The third kappa shape index (κ3) is 4.77. The topological polar surface area (TPSA) is 46.3 Å². The number of carbonyl (C=O) groups excluding carboxylic acids is 1. The summed E-state index contributed by atoms with van der Waals surface area (Å²) in [5, 5.41) is 0. The lowest BCUT2D eigenvalue weighted by atomic mass is 9.97. The van der Waals surface area contributed by atoms with Gasteiger partial charge in [0.05, 0.1) is 6.04 Å². The maximum Gasteiger partial charge on any atom is 0.239 e. The summed E-state index contributed by atoms with van der Waals surface area (Å²) < 4.78 is 0. The summed E-state index contributed by atoms with van der Waals surface area (Å²) in [7, 11) is 0. The number of hydrogen-bond donors (Lipinski definition) is 1. The van der Waals surface area contributed by atoms with Gasteiger partial charge in [-0.3, -0.25) is 4.79 Å². The van der Waals surface area contributed by atoms with Gasteiger partial charge >= 0.3 is 0 Å². The average molecular weight is 277 g/mol. The second-order valence-corrected chi connectivity index (χ2v) is 5.93. The molecule has 0 aromatic rings. The van der Waals surface area contributed by atoms with Gasteiger partial charge in [-0.05, 0) is 30.6 Å². The van der Waals surface area contributed by atoms with Crippen LogP contribution in [0.15, 0.2) is 0 Å². The monoisotopic (exact) mass is 276 g/mol. The van der Waals surface area contributed by atoms with Crippen molar-refractivity contribution < 1.29 is 4.79 Å². The highest BCUT2D eigenvalue weighted by molar-refractivity contribution is 5.85. The van der Waals surface area contributed by atoms with Gasteiger partial charge in [0.1, 0.15) is 0 Å². The van der Waals surface area contributed by atoms with E-state index in [0.717, 1.165) is 31.8 Å². The molecule has 0 spiro atoms. The van der Waals surface area contributed by atoms with Crippen LogP contribution in [0.2, 0.25) is 0 Å². The minimum atomic E-state index is -0.319. The van der Waals surface area contributed by atoms with E-state index in [-0.39, 0.29) is 30.3 Å². The minimum Gasteiger partial charge on any atom is -0.341 e. The van der Waals surface area contributed by atoms with Gasteiger partial charge in [-0.25, -0.2) is 0 Å². The van der Waals surface area contributed by atoms with Crippen LogP contribution in [0.1, 0.15) is 47.0 Å². The molecule has 4 unspecified atom stereocenters. The molecule has 108 valence electrons. The summed E-state index contributed by atoms with van der Waals surface area (Å²) in [6.07, 6.45) is 3.30. The molecule has 18 heavy (non-hydrogen) atoms. The predicted octanol–water partition coefficient (Wildman–Crippen LogP) is 2.68. The zero-order valence-electron chi connectivity index (χ0n) is 12.2. The van der Waals surface area contributed by atoms with Gasteiger partial charge in [-0.1, -0.05) is 34.1 Å². The number of nitrogens with two attached hydrogens (primary N) is 1. The Morgan fingerprint density at radius 1 is 1.39 bits per heavy atom. The van der Waals surface area contributed by atoms with Crippen molar-refractivity contribution in [3.8, 4) is 0 Å². The lowest BCUT2D eigenvalue weighted by Gasteiger charge is -2.28. The Bertz CT molecular complexity index is 260. The zero-order chi connectivity index (χ0) is 13.0. The molecular formula is C14H29ClN2O. The molecule has 1 saturated heterocycles. The molecule has 4 atom stereocenters. The quantitative estimate of drug-likeness (QED) is 0.861. The fraction of sp³-hybridized carbons (Fsp3) is 0.929. The molecule has 0 bridgehead atoms. The average Bonchev–Trinajstić information content (AvgIpc) is 2.47. The molecule has 1 aliphatic heterocycles. The van der Waals surface area contributed by atoms with Gasteiger partial charge in [0, 0.05) is 13.1 Å². The van der Waals surface area contributed by atoms with Crippen molar-refractivity contribution in [1.82, 2.24) is 4.90 Å². The SMILES string of the molecule is CCC(C)C(N)C(=O)N1CCC(C)CC(C)C1.Cl. The van der Waals surface area contributed by atoms with Crippen molar-refractivity contribution in [2.75, 3.05) is 13.1 Å². The van der Waals surface area contributed by atoms with Crippen LogP contribution in [0, 0.1) is 17.8 Å². The molecule has 0 aromatic heterocycles. The van der Waals surface area contributed by atoms with Crippen molar-refractivity contribution in [3.63, 3.8) is 0 Å². The standard InChI is InChI=1S/C14H28N2O.ClH/c1-5-12(4)13(15)14(17)16-7-6-10(2)8-11(3)9-16;/h10-13H,5-9,15H2,1-4H3;1H. The summed E-state index contributed by atoms with van der Waals surface area (Å²) in [4.78, 5) is 14.3. The van der Waals surface area contributed by atoms with E-state index < -0.39 is 0 Å². The summed E-state index contributed by atoms with van der Waals surface area (Å²) in [5.74, 6) is 1.75. The van der Waals surface area contributed by atoms with Crippen LogP contribution >= 0.6 is 12.4 Å². The van der Waals surface area contributed by atoms with Crippen molar-refractivity contribution in [1.29, 1.82) is 0 Å². The summed E-state index contributed by atoms with van der Waals surface area (Å²) in [6, 6.07) is -0.319. The van der Waals surface area contributed by atoms with E-state index in [1.54, 1.807) is 0 Å². The Morgan fingerprint density at radius 3 is 2.56 bits per heavy atom. The van der Waals surface area contributed by atoms with Gasteiger partial charge < -0.3 is 10.6 Å². The number of rotatable bonds is 3. The van der Waals surface area contributed by atoms with Crippen molar-refractivity contribution in [2.24, 2.45) is 23.5 Å². The molecular weight excluding hydrogens is 248 g/mol. The number of halogens is 1. The molecule has 3 nitrogen and oxygen atoms in total. The van der Waals surface area contributed by atoms with Crippen molar-refractivity contribution in [3.05, 3.63) is 0 Å². The van der Waals surface area contributed by atoms with Crippen molar-refractivity contribution >= 4 is 18.3 Å². The Hall–Kier alpha value is -0.280. The first-order valence-corrected chi connectivity index (χ1v) is 7.00. The molecule has 1 heterocycles. The Balaban J connectivity index is 0.00000289. The Morgan fingerprint density at radius 2 is 2.00 bits per heavy atom. The van der Waals surface area contributed by atoms with E-state index in [1.807, 2.05) is 4.90 Å². The molecule has 1 fully saturated rings. The van der Waals surface area contributed by atoms with E-state index in [9.17, 15) is 4.79 Å². The molecule has 0 saturated carbocycles. The van der Waals surface area contributed by atoms with E-state index in [0.29, 0.717) is 5.92 Å². The van der Waals surface area contributed by atoms with Gasteiger partial charge in [0.25, 0.3) is 0 Å². The number of likely N-dealkylation sites (tertiary alicyclic amines) is 1. The van der Waals surface area contributed by atoms with Gasteiger partial charge in [-0.2, -0.15) is 0 Å². The molecule has 4 heteroatoms. The molecule has 1 aliphatic rings. The number of hydrogen-bond acceptors (Lipinski definition) is 2. The van der Waals surface area contributed by atoms with Crippen LogP contribution in [0.5, 0.6) is 0 Å². The molecule has 0 aliphatic carbocycles. The highest BCUT2D eigenvalue weighted by atomic mass is 35.5. The van der Waals surface area contributed by atoms with E-state index in [4.69, 9.17) is 5.73 Å². The second-order valence-electron chi connectivity index (χ2n) is 5.93. The van der Waals surface area contributed by atoms with Crippen LogP contribution in [-0.2, 0) is 4.79 Å². The molecule has 0 aromatic carbocycles. The Kier molecular flexibility index (Phi) is 7.88. The summed E-state index contributed by atoms with van der Waals surface area (Å²) in [5.41, 5.74) is 6.04. The number of amides is 1. The smallest absolute Gasteiger partial charge is 0.239 e. The third-order valence-electron chi connectivity index (χ3n) is 4.08. The van der Waals surface area contributed by atoms with Crippen LogP contribution in [0.3, 0.4) is 0 Å². The van der Waals surface area contributed by atoms with Gasteiger partial charge in [0.2, 0.25) is 5.91 Å². The van der Waals surface area contributed by atoms with Gasteiger partial charge in [-0.15, -0.1) is 12.4 Å². The van der Waals surface area contributed by atoms with E-state index >= 15 is 0 Å². The maximum absolute atomic E-state index is 12.3. The van der Waals surface area contributed by atoms with Crippen molar-refractivity contribution in [2.45, 2.75) is 53.0 Å². The maximum atomic E-state index is 12.3. The van der Waals surface area contributed by atoms with E-state index in [1.165, 1.54) is 6.42 Å². The number of carbonyl (C=O) groups is 1. The van der Waals surface area contributed by atoms with Gasteiger partial charge in [0.15, 0.2) is 0 Å². The van der Waals surface area contributed by atoms with Crippen LogP contribution < -0.4 is 5.73 Å². The normalized spacial score (nSPS) is 27.9. The fourth-order valence-electron chi connectivity index (χ4n) is 2.63.